The molecule has 6 nitrogen and oxygen atoms in total. The van der Waals surface area contributed by atoms with Gasteiger partial charge in [0.05, 0.1) is 0 Å². The van der Waals surface area contributed by atoms with E-state index in [1.54, 1.807) is 32.2 Å². The van der Waals surface area contributed by atoms with Crippen LogP contribution in [0, 0.1) is 0 Å². The number of anilines is 1. The predicted molar refractivity (Wildman–Crippen MR) is 68.4 cm³/mol. The third kappa shape index (κ3) is 3.73. The number of carbonyl (C=O) groups excluding carboxylic acids is 2. The van der Waals surface area contributed by atoms with E-state index in [1.165, 1.54) is 6.92 Å². The molecule has 0 fully saturated rings. The molecule has 0 aliphatic carbocycles. The molecule has 0 saturated heterocycles. The maximum atomic E-state index is 11.9. The van der Waals surface area contributed by atoms with Crippen LogP contribution < -0.4 is 16.4 Å². The minimum absolute atomic E-state index is 0.254. The van der Waals surface area contributed by atoms with Crippen LogP contribution in [0.15, 0.2) is 18.3 Å². The van der Waals surface area contributed by atoms with Gasteiger partial charge < -0.3 is 16.4 Å². The summed E-state index contributed by atoms with van der Waals surface area (Å²) < 4.78 is 0. The summed E-state index contributed by atoms with van der Waals surface area (Å²) in [5, 5.41) is 5.28. The zero-order chi connectivity index (χ0) is 13.8. The van der Waals surface area contributed by atoms with Crippen molar-refractivity contribution in [1.29, 1.82) is 0 Å². The van der Waals surface area contributed by atoms with Crippen LogP contribution >= 0.6 is 0 Å². The van der Waals surface area contributed by atoms with Gasteiger partial charge in [0, 0.05) is 25.2 Å². The summed E-state index contributed by atoms with van der Waals surface area (Å²) in [6.07, 6.45) is 1.59. The van der Waals surface area contributed by atoms with Gasteiger partial charge in [-0.25, -0.2) is 4.98 Å². The highest BCUT2D eigenvalue weighted by Crippen LogP contribution is 2.08. The van der Waals surface area contributed by atoms with Crippen molar-refractivity contribution in [3.63, 3.8) is 0 Å². The monoisotopic (exact) mass is 250 g/mol. The molecule has 2 amide bonds. The smallest absolute Gasteiger partial charge is 0.245 e. The average molecular weight is 250 g/mol. The topological polar surface area (TPSA) is 97.1 Å². The van der Waals surface area contributed by atoms with E-state index >= 15 is 0 Å². The lowest BCUT2D eigenvalue weighted by Crippen LogP contribution is -2.54. The lowest BCUT2D eigenvalue weighted by molar-refractivity contribution is -0.131. The second kappa shape index (κ2) is 5.48. The lowest BCUT2D eigenvalue weighted by Gasteiger charge is -2.24. The van der Waals surface area contributed by atoms with E-state index in [0.717, 1.165) is 5.56 Å². The Morgan fingerprint density at radius 2 is 2.11 bits per heavy atom. The number of pyridine rings is 1. The van der Waals surface area contributed by atoms with Crippen LogP contribution in [0.3, 0.4) is 0 Å². The maximum absolute atomic E-state index is 11.9. The molecule has 0 unspecified atom stereocenters. The van der Waals surface area contributed by atoms with Gasteiger partial charge in [0.2, 0.25) is 11.8 Å². The second-order valence-electron chi connectivity index (χ2n) is 4.54. The predicted octanol–water partition coefficient (Wildman–Crippen LogP) is 0.195. The van der Waals surface area contributed by atoms with Crippen LogP contribution in [0.1, 0.15) is 26.3 Å². The fourth-order valence-electron chi connectivity index (χ4n) is 1.49. The van der Waals surface area contributed by atoms with Crippen molar-refractivity contribution in [3.05, 3.63) is 23.9 Å². The molecule has 0 aliphatic rings. The van der Waals surface area contributed by atoms with E-state index in [1.807, 2.05) is 0 Å². The second-order valence-corrected chi connectivity index (χ2v) is 4.54. The standard InChI is InChI=1S/C12H18N4O2/c1-8(17)16-12(2,3)11(18)15-7-9-5-4-6-14-10(9)13/h4-6H,7H2,1-3H3,(H2,13,14)(H,15,18)(H,16,17). The Bertz CT molecular complexity index is 457. The van der Waals surface area contributed by atoms with E-state index in [2.05, 4.69) is 15.6 Å². The molecule has 0 radical (unpaired) electrons. The molecule has 0 bridgehead atoms. The number of nitrogens with one attached hydrogen (secondary N) is 2. The van der Waals surface area contributed by atoms with Gasteiger partial charge >= 0.3 is 0 Å². The molecule has 1 rings (SSSR count). The van der Waals surface area contributed by atoms with Gasteiger partial charge in [0.1, 0.15) is 11.4 Å². The molecule has 98 valence electrons. The number of nitrogens with zero attached hydrogens (tertiary/aromatic N) is 1. The molecule has 6 heteroatoms. The first-order valence-corrected chi connectivity index (χ1v) is 5.59. The van der Waals surface area contributed by atoms with Crippen LogP contribution in [0.5, 0.6) is 0 Å². The first-order chi connectivity index (χ1) is 8.33. The highest BCUT2D eigenvalue weighted by molar-refractivity contribution is 5.90. The molecule has 0 spiro atoms. The molecule has 1 heterocycles. The fourth-order valence-corrected chi connectivity index (χ4v) is 1.49. The van der Waals surface area contributed by atoms with Gasteiger partial charge in [-0.3, -0.25) is 9.59 Å². The number of aromatic nitrogens is 1. The Kier molecular flexibility index (Phi) is 4.25. The summed E-state index contributed by atoms with van der Waals surface area (Å²) >= 11 is 0. The SMILES string of the molecule is CC(=O)NC(C)(C)C(=O)NCc1cccnc1N. The molecule has 1 aromatic rings. The minimum atomic E-state index is -0.956. The Morgan fingerprint density at radius 1 is 1.44 bits per heavy atom. The van der Waals surface area contributed by atoms with Crippen LogP contribution in [0.4, 0.5) is 5.82 Å². The van der Waals surface area contributed by atoms with Crippen LogP contribution in [0.2, 0.25) is 0 Å². The summed E-state index contributed by atoms with van der Waals surface area (Å²) in [6.45, 7) is 4.92. The summed E-state index contributed by atoms with van der Waals surface area (Å²) in [5.74, 6) is -0.146. The molecule has 4 N–H and O–H groups in total. The normalized spacial score (nSPS) is 10.8. The molecule has 0 atom stereocenters. The molecular formula is C12H18N4O2. The number of hydrogen-bond acceptors (Lipinski definition) is 4. The van der Waals surface area contributed by atoms with Crippen molar-refractivity contribution in [3.8, 4) is 0 Å². The summed E-state index contributed by atoms with van der Waals surface area (Å²) in [7, 11) is 0. The third-order valence-electron chi connectivity index (χ3n) is 2.42. The molecule has 0 aliphatic heterocycles. The van der Waals surface area contributed by atoms with Gasteiger partial charge in [0.15, 0.2) is 0 Å². The highest BCUT2D eigenvalue weighted by atomic mass is 16.2. The zero-order valence-corrected chi connectivity index (χ0v) is 10.8. The van der Waals surface area contributed by atoms with Gasteiger partial charge in [-0.15, -0.1) is 0 Å². The molecule has 0 saturated carbocycles. The van der Waals surface area contributed by atoms with Crippen LogP contribution in [0.25, 0.3) is 0 Å². The van der Waals surface area contributed by atoms with Gasteiger partial charge in [-0.2, -0.15) is 0 Å². The minimum Gasteiger partial charge on any atom is -0.383 e. The Balaban J connectivity index is 2.61. The van der Waals surface area contributed by atoms with Gasteiger partial charge in [0.25, 0.3) is 0 Å². The zero-order valence-electron chi connectivity index (χ0n) is 10.8. The van der Waals surface area contributed by atoms with E-state index in [-0.39, 0.29) is 18.4 Å². The Labute approximate surface area is 106 Å². The first kappa shape index (κ1) is 14.0. The maximum Gasteiger partial charge on any atom is 0.245 e. The molecule has 0 aromatic carbocycles. The summed E-state index contributed by atoms with van der Waals surface area (Å²) in [5.41, 5.74) is 5.45. The number of nitrogen functional groups attached to an aromatic ring is 1. The Hall–Kier alpha value is -2.11. The van der Waals surface area contributed by atoms with E-state index < -0.39 is 5.54 Å². The van der Waals surface area contributed by atoms with Crippen molar-refractivity contribution >= 4 is 17.6 Å². The van der Waals surface area contributed by atoms with Crippen molar-refractivity contribution < 1.29 is 9.59 Å². The van der Waals surface area contributed by atoms with Crippen molar-refractivity contribution in [2.45, 2.75) is 32.9 Å². The average Bonchev–Trinajstić information content (AvgIpc) is 2.25. The molecular weight excluding hydrogens is 232 g/mol. The first-order valence-electron chi connectivity index (χ1n) is 5.59. The quantitative estimate of drug-likeness (QED) is 0.710. The van der Waals surface area contributed by atoms with Gasteiger partial charge in [-0.1, -0.05) is 6.07 Å². The number of rotatable bonds is 4. The summed E-state index contributed by atoms with van der Waals surface area (Å²) in [4.78, 5) is 26.8. The van der Waals surface area contributed by atoms with E-state index in [4.69, 9.17) is 5.73 Å². The van der Waals surface area contributed by atoms with Crippen LogP contribution in [-0.2, 0) is 16.1 Å². The molecule has 1 aromatic heterocycles. The lowest BCUT2D eigenvalue weighted by atomic mass is 10.0. The number of amides is 2. The molecule has 18 heavy (non-hydrogen) atoms. The Morgan fingerprint density at radius 3 is 2.67 bits per heavy atom. The number of nitrogens with two attached hydrogens (primary N) is 1. The van der Waals surface area contributed by atoms with Gasteiger partial charge in [-0.05, 0) is 19.9 Å². The van der Waals surface area contributed by atoms with E-state index in [0.29, 0.717) is 5.82 Å². The number of hydrogen-bond donors (Lipinski definition) is 3. The number of carbonyl (C=O) groups is 2. The van der Waals surface area contributed by atoms with Crippen molar-refractivity contribution in [2.24, 2.45) is 0 Å². The summed E-state index contributed by atoms with van der Waals surface area (Å²) in [6, 6.07) is 3.53. The van der Waals surface area contributed by atoms with Crippen molar-refractivity contribution in [2.75, 3.05) is 5.73 Å². The van der Waals surface area contributed by atoms with Crippen LogP contribution in [-0.4, -0.2) is 22.3 Å². The highest BCUT2D eigenvalue weighted by Gasteiger charge is 2.27. The fraction of sp³-hybridized carbons (Fsp3) is 0.417. The third-order valence-corrected chi connectivity index (χ3v) is 2.42. The largest absolute Gasteiger partial charge is 0.383 e. The van der Waals surface area contributed by atoms with E-state index in [9.17, 15) is 9.59 Å². The van der Waals surface area contributed by atoms with Crippen molar-refractivity contribution in [1.82, 2.24) is 15.6 Å².